The van der Waals surface area contributed by atoms with E-state index in [-0.39, 0.29) is 23.8 Å². The lowest BCUT2D eigenvalue weighted by Gasteiger charge is -2.38. The lowest BCUT2D eigenvalue weighted by molar-refractivity contribution is -0.134. The van der Waals surface area contributed by atoms with Gasteiger partial charge in [-0.2, -0.15) is 9.57 Å². The van der Waals surface area contributed by atoms with Gasteiger partial charge >= 0.3 is 6.03 Å². The number of benzene rings is 1. The molecule has 0 aliphatic carbocycles. The van der Waals surface area contributed by atoms with Crippen LogP contribution in [0.2, 0.25) is 0 Å². The Balaban J connectivity index is 1.87. The van der Waals surface area contributed by atoms with E-state index in [4.69, 9.17) is 10.5 Å². The van der Waals surface area contributed by atoms with Crippen molar-refractivity contribution in [3.05, 3.63) is 42.0 Å². The summed E-state index contributed by atoms with van der Waals surface area (Å²) in [6.45, 7) is 1.96. The molecule has 1 fully saturated rings. The van der Waals surface area contributed by atoms with Gasteiger partial charge in [0.05, 0.1) is 11.6 Å². The zero-order chi connectivity index (χ0) is 22.6. The van der Waals surface area contributed by atoms with Crippen molar-refractivity contribution < 1.29 is 23.2 Å². The Kier molecular flexibility index (Phi) is 6.91. The van der Waals surface area contributed by atoms with Crippen LogP contribution in [-0.4, -0.2) is 67.0 Å². The number of nitrogens with one attached hydrogen (secondary N) is 2. The van der Waals surface area contributed by atoms with Gasteiger partial charge in [-0.3, -0.25) is 10.0 Å². The van der Waals surface area contributed by atoms with Crippen LogP contribution in [0.1, 0.15) is 12.5 Å². The highest BCUT2D eigenvalue weighted by atomic mass is 32.2. The van der Waals surface area contributed by atoms with E-state index in [9.17, 15) is 18.0 Å². The molecule has 1 aromatic heterocycles. The van der Waals surface area contributed by atoms with E-state index in [2.05, 4.69) is 5.32 Å². The zero-order valence-electron chi connectivity index (χ0n) is 16.6. The number of piperazine rings is 1. The van der Waals surface area contributed by atoms with E-state index in [1.54, 1.807) is 37.3 Å². The fraction of sp³-hybridized carbons (Fsp3) is 0.316. The highest BCUT2D eigenvalue weighted by Gasteiger charge is 2.41. The Bertz CT molecular complexity index is 1110. The second kappa shape index (κ2) is 9.44. The number of thiophene rings is 1. The Labute approximate surface area is 183 Å². The van der Waals surface area contributed by atoms with Crippen molar-refractivity contribution in [2.24, 2.45) is 0 Å². The maximum Gasteiger partial charge on any atom is 0.317 e. The number of nitriles is 1. The topological polar surface area (TPSA) is 143 Å². The predicted molar refractivity (Wildman–Crippen MR) is 113 cm³/mol. The van der Waals surface area contributed by atoms with Gasteiger partial charge in [-0.05, 0) is 36.8 Å². The Morgan fingerprint density at radius 3 is 2.55 bits per heavy atom. The summed E-state index contributed by atoms with van der Waals surface area (Å²) in [6, 6.07) is 10.2. The predicted octanol–water partition coefficient (Wildman–Crippen LogP) is 1.20. The molecule has 0 spiro atoms. The number of rotatable bonds is 5. The van der Waals surface area contributed by atoms with Crippen LogP contribution in [0.4, 0.5) is 4.79 Å². The molecule has 164 valence electrons. The second-order valence-electron chi connectivity index (χ2n) is 6.70. The molecule has 2 heterocycles. The number of hydroxylamine groups is 1. The summed E-state index contributed by atoms with van der Waals surface area (Å²) >= 11 is 1.04. The molecule has 0 unspecified atom stereocenters. The van der Waals surface area contributed by atoms with Crippen LogP contribution in [0.3, 0.4) is 0 Å². The van der Waals surface area contributed by atoms with Crippen molar-refractivity contribution >= 4 is 33.3 Å². The van der Waals surface area contributed by atoms with E-state index < -0.39 is 28.0 Å². The highest BCUT2D eigenvalue weighted by molar-refractivity contribution is 7.91. The smallest absolute Gasteiger partial charge is 0.317 e. The molecule has 1 aliphatic rings. The molecule has 0 saturated carbocycles. The highest BCUT2D eigenvalue weighted by Crippen LogP contribution is 2.33. The molecule has 1 aromatic carbocycles. The fourth-order valence-electron chi connectivity index (χ4n) is 3.23. The number of nitrogens with zero attached hydrogens (tertiary/aromatic N) is 3. The quantitative estimate of drug-likeness (QED) is 0.449. The van der Waals surface area contributed by atoms with E-state index >= 15 is 0 Å². The van der Waals surface area contributed by atoms with Gasteiger partial charge in [0, 0.05) is 31.1 Å². The zero-order valence-corrected chi connectivity index (χ0v) is 18.2. The van der Waals surface area contributed by atoms with Gasteiger partial charge in [0.15, 0.2) is 0 Å². The molecule has 3 rings (SSSR count). The average molecular weight is 464 g/mol. The van der Waals surface area contributed by atoms with Crippen molar-refractivity contribution in [1.29, 1.82) is 5.26 Å². The first-order chi connectivity index (χ1) is 14.8. The number of hydrogen-bond acceptors (Lipinski definition) is 7. The van der Waals surface area contributed by atoms with Crippen LogP contribution in [0.5, 0.6) is 0 Å². The van der Waals surface area contributed by atoms with Gasteiger partial charge in [0.1, 0.15) is 10.3 Å². The van der Waals surface area contributed by atoms with E-state index in [0.29, 0.717) is 17.0 Å². The van der Waals surface area contributed by atoms with Crippen LogP contribution in [-0.2, 0) is 14.8 Å². The molecule has 12 heteroatoms. The largest absolute Gasteiger partial charge is 0.338 e. The molecular formula is C19H21N5O5S2. The number of carbonyl (C=O) groups excluding carboxylic acids is 2. The lowest BCUT2D eigenvalue weighted by Crippen LogP contribution is -2.62. The molecule has 2 aromatic rings. The first-order valence-corrected chi connectivity index (χ1v) is 11.7. The van der Waals surface area contributed by atoms with E-state index in [1.165, 1.54) is 16.4 Å². The van der Waals surface area contributed by atoms with Crippen molar-refractivity contribution in [2.45, 2.75) is 17.2 Å². The third-order valence-corrected chi connectivity index (χ3v) is 8.31. The molecule has 0 bridgehead atoms. The number of urea groups is 1. The minimum atomic E-state index is -4.06. The summed E-state index contributed by atoms with van der Waals surface area (Å²) in [4.78, 5) is 26.4. The van der Waals surface area contributed by atoms with Gasteiger partial charge in [-0.1, -0.05) is 12.1 Å². The van der Waals surface area contributed by atoms with E-state index in [1.807, 2.05) is 6.07 Å². The van der Waals surface area contributed by atoms with Crippen LogP contribution < -0.4 is 10.8 Å². The number of sulfonamides is 1. The van der Waals surface area contributed by atoms with Gasteiger partial charge in [0.25, 0.3) is 15.9 Å². The summed E-state index contributed by atoms with van der Waals surface area (Å²) in [5, 5.41) is 20.6. The summed E-state index contributed by atoms with van der Waals surface area (Å²) in [6.07, 6.45) is 0. The Morgan fingerprint density at radius 1 is 1.23 bits per heavy atom. The Morgan fingerprint density at radius 2 is 1.94 bits per heavy atom. The van der Waals surface area contributed by atoms with Crippen LogP contribution in [0.15, 0.2) is 40.6 Å². The molecule has 10 nitrogen and oxygen atoms in total. The normalized spacial score (nSPS) is 17.1. The van der Waals surface area contributed by atoms with E-state index in [0.717, 1.165) is 21.2 Å². The van der Waals surface area contributed by atoms with Crippen LogP contribution in [0.25, 0.3) is 10.4 Å². The van der Waals surface area contributed by atoms with Gasteiger partial charge in [-0.25, -0.2) is 18.7 Å². The van der Waals surface area contributed by atoms with Gasteiger partial charge < -0.3 is 10.2 Å². The van der Waals surface area contributed by atoms with Crippen molar-refractivity contribution in [3.63, 3.8) is 0 Å². The third-order valence-electron chi connectivity index (χ3n) is 4.80. The van der Waals surface area contributed by atoms with Crippen LogP contribution in [0, 0.1) is 11.3 Å². The first kappa shape index (κ1) is 22.7. The van der Waals surface area contributed by atoms with Crippen molar-refractivity contribution in [3.8, 4) is 16.5 Å². The molecule has 31 heavy (non-hydrogen) atoms. The molecule has 1 saturated heterocycles. The SMILES string of the molecule is CCNC(=O)N1CCN(S(=O)(=O)c2ccc(-c3ccc(C#N)cc3)s2)[C@@H](C(=O)NO)C1. The maximum absolute atomic E-state index is 13.3. The molecule has 1 aliphatic heterocycles. The fourth-order valence-corrected chi connectivity index (χ4v) is 6.24. The molecule has 0 radical (unpaired) electrons. The average Bonchev–Trinajstić information content (AvgIpc) is 3.29. The van der Waals surface area contributed by atoms with Gasteiger partial charge in [0.2, 0.25) is 0 Å². The number of carbonyl (C=O) groups is 2. The van der Waals surface area contributed by atoms with Gasteiger partial charge in [-0.15, -0.1) is 11.3 Å². The summed E-state index contributed by atoms with van der Waals surface area (Å²) in [5.74, 6) is -0.915. The Hall–Kier alpha value is -2.98. The summed E-state index contributed by atoms with van der Waals surface area (Å²) in [7, 11) is -4.06. The molecule has 1 atom stereocenters. The van der Waals surface area contributed by atoms with Crippen molar-refractivity contribution in [2.75, 3.05) is 26.2 Å². The molecule has 3 N–H and O–H groups in total. The second-order valence-corrected chi connectivity index (χ2v) is 9.90. The minimum absolute atomic E-state index is 0.0362. The number of amides is 3. The first-order valence-electron chi connectivity index (χ1n) is 9.40. The molecule has 3 amide bonds. The summed E-state index contributed by atoms with van der Waals surface area (Å²) in [5.41, 5.74) is 2.75. The van der Waals surface area contributed by atoms with Crippen LogP contribution >= 0.6 is 11.3 Å². The monoisotopic (exact) mass is 463 g/mol. The third kappa shape index (κ3) is 4.70. The standard InChI is InChI=1S/C19H21N5O5S2/c1-2-21-19(26)23-9-10-24(15(12-23)18(25)22-27)31(28,29)17-8-7-16(30-17)14-5-3-13(11-20)4-6-14/h3-8,15,27H,2,9-10,12H2,1H3,(H,21,26)(H,22,25)/t15-/m1/s1. The maximum atomic E-state index is 13.3. The molecular weight excluding hydrogens is 442 g/mol. The lowest BCUT2D eigenvalue weighted by atomic mass is 10.1. The number of hydrogen-bond donors (Lipinski definition) is 3. The van der Waals surface area contributed by atoms with Crippen molar-refractivity contribution in [1.82, 2.24) is 20.0 Å². The summed E-state index contributed by atoms with van der Waals surface area (Å²) < 4.78 is 27.6. The minimum Gasteiger partial charge on any atom is -0.338 e.